The van der Waals surface area contributed by atoms with Crippen LogP contribution in [0.15, 0.2) is 0 Å². The van der Waals surface area contributed by atoms with Crippen LogP contribution in [0.3, 0.4) is 0 Å². The van der Waals surface area contributed by atoms with E-state index in [1.54, 1.807) is 0 Å². The molecule has 2 saturated carbocycles. The summed E-state index contributed by atoms with van der Waals surface area (Å²) < 4.78 is 0. The van der Waals surface area contributed by atoms with E-state index in [-0.39, 0.29) is 12.1 Å². The van der Waals surface area contributed by atoms with Gasteiger partial charge in [-0.05, 0) is 57.4 Å². The number of fused-ring (bicyclic) bond motifs is 2. The van der Waals surface area contributed by atoms with Crippen molar-refractivity contribution in [1.29, 1.82) is 0 Å². The smallest absolute Gasteiger partial charge is 0.0662 e. The summed E-state index contributed by atoms with van der Waals surface area (Å²) in [6.45, 7) is 5.05. The van der Waals surface area contributed by atoms with Gasteiger partial charge in [0.05, 0.1) is 6.10 Å². The molecular formula is C12H23NO. The second kappa shape index (κ2) is 4.19. The van der Waals surface area contributed by atoms with E-state index in [0.29, 0.717) is 0 Å². The second-order valence-corrected chi connectivity index (χ2v) is 5.37. The van der Waals surface area contributed by atoms with Gasteiger partial charge in [0.1, 0.15) is 0 Å². The third kappa shape index (κ3) is 2.12. The van der Waals surface area contributed by atoms with E-state index >= 15 is 0 Å². The van der Waals surface area contributed by atoms with E-state index in [9.17, 15) is 5.11 Å². The second-order valence-electron chi connectivity index (χ2n) is 5.37. The Labute approximate surface area is 87.1 Å². The SMILES string of the molecule is CC(O)C(C)NCC1CC2CCC1C2. The first kappa shape index (κ1) is 10.4. The predicted molar refractivity (Wildman–Crippen MR) is 58.1 cm³/mol. The highest BCUT2D eigenvalue weighted by atomic mass is 16.3. The maximum absolute atomic E-state index is 9.36. The van der Waals surface area contributed by atoms with Gasteiger partial charge in [-0.2, -0.15) is 0 Å². The molecule has 5 atom stereocenters. The van der Waals surface area contributed by atoms with Crippen molar-refractivity contribution < 1.29 is 5.11 Å². The molecule has 0 heterocycles. The Balaban J connectivity index is 1.71. The lowest BCUT2D eigenvalue weighted by atomic mass is 9.88. The highest BCUT2D eigenvalue weighted by Gasteiger charge is 2.39. The minimum atomic E-state index is -0.228. The largest absolute Gasteiger partial charge is 0.392 e. The lowest BCUT2D eigenvalue weighted by Crippen LogP contribution is -2.39. The summed E-state index contributed by atoms with van der Waals surface area (Å²) in [5, 5.41) is 12.8. The molecule has 2 aliphatic carbocycles. The molecule has 2 nitrogen and oxygen atoms in total. The number of hydrogen-bond donors (Lipinski definition) is 2. The first-order valence-corrected chi connectivity index (χ1v) is 6.08. The maximum atomic E-state index is 9.36. The molecule has 5 unspecified atom stereocenters. The lowest BCUT2D eigenvalue weighted by Gasteiger charge is -2.25. The summed E-state index contributed by atoms with van der Waals surface area (Å²) in [5.74, 6) is 2.93. The first-order chi connectivity index (χ1) is 6.66. The Hall–Kier alpha value is -0.0800. The average molecular weight is 197 g/mol. The van der Waals surface area contributed by atoms with Gasteiger partial charge < -0.3 is 10.4 Å². The zero-order valence-corrected chi connectivity index (χ0v) is 9.37. The van der Waals surface area contributed by atoms with E-state index in [1.807, 2.05) is 6.92 Å². The molecule has 0 aromatic carbocycles. The topological polar surface area (TPSA) is 32.3 Å². The van der Waals surface area contributed by atoms with E-state index in [0.717, 1.165) is 24.3 Å². The summed E-state index contributed by atoms with van der Waals surface area (Å²) in [4.78, 5) is 0. The van der Waals surface area contributed by atoms with Crippen LogP contribution in [0.5, 0.6) is 0 Å². The number of hydrogen-bond acceptors (Lipinski definition) is 2. The first-order valence-electron chi connectivity index (χ1n) is 6.08. The average Bonchev–Trinajstić information content (AvgIpc) is 2.74. The molecule has 2 heteroatoms. The van der Waals surface area contributed by atoms with Crippen molar-refractivity contribution in [1.82, 2.24) is 5.32 Å². The Kier molecular flexibility index (Phi) is 3.13. The van der Waals surface area contributed by atoms with Crippen molar-refractivity contribution in [3.63, 3.8) is 0 Å². The highest BCUT2D eigenvalue weighted by molar-refractivity contribution is 4.91. The Morgan fingerprint density at radius 3 is 2.57 bits per heavy atom. The quantitative estimate of drug-likeness (QED) is 0.720. The molecule has 0 saturated heterocycles. The molecule has 2 rings (SSSR count). The van der Waals surface area contributed by atoms with Crippen molar-refractivity contribution in [3.05, 3.63) is 0 Å². The van der Waals surface area contributed by atoms with Crippen molar-refractivity contribution in [2.45, 2.75) is 51.7 Å². The van der Waals surface area contributed by atoms with Crippen LogP contribution in [0.2, 0.25) is 0 Å². The van der Waals surface area contributed by atoms with Crippen LogP contribution in [0.25, 0.3) is 0 Å². The van der Waals surface area contributed by atoms with Gasteiger partial charge in [-0.3, -0.25) is 0 Å². The standard InChI is InChI=1S/C12H23NO/c1-8(9(2)14)13-7-12-6-10-3-4-11(12)5-10/h8-14H,3-7H2,1-2H3. The fourth-order valence-electron chi connectivity index (χ4n) is 3.13. The molecule has 0 spiro atoms. The molecule has 0 aromatic heterocycles. The number of nitrogens with one attached hydrogen (secondary N) is 1. The van der Waals surface area contributed by atoms with Crippen LogP contribution >= 0.6 is 0 Å². The summed E-state index contributed by atoms with van der Waals surface area (Å²) in [7, 11) is 0. The molecule has 0 aromatic rings. The summed E-state index contributed by atoms with van der Waals surface area (Å²) in [5.41, 5.74) is 0. The molecular weight excluding hydrogens is 174 g/mol. The van der Waals surface area contributed by atoms with Gasteiger partial charge in [0, 0.05) is 6.04 Å². The van der Waals surface area contributed by atoms with Crippen molar-refractivity contribution in [2.24, 2.45) is 17.8 Å². The third-order valence-corrected chi connectivity index (χ3v) is 4.31. The van der Waals surface area contributed by atoms with Crippen molar-refractivity contribution >= 4 is 0 Å². The van der Waals surface area contributed by atoms with Crippen LogP contribution < -0.4 is 5.32 Å². The van der Waals surface area contributed by atoms with Crippen LogP contribution in [0.4, 0.5) is 0 Å². The normalized spacial score (nSPS) is 40.1. The molecule has 82 valence electrons. The zero-order valence-electron chi connectivity index (χ0n) is 9.37. The third-order valence-electron chi connectivity index (χ3n) is 4.31. The molecule has 2 aliphatic rings. The molecule has 2 bridgehead atoms. The van der Waals surface area contributed by atoms with Crippen molar-refractivity contribution in [3.8, 4) is 0 Å². The minimum absolute atomic E-state index is 0.228. The summed E-state index contributed by atoms with van der Waals surface area (Å²) in [6, 6.07) is 0.245. The van der Waals surface area contributed by atoms with E-state index in [1.165, 1.54) is 25.7 Å². The fraction of sp³-hybridized carbons (Fsp3) is 1.00. The van der Waals surface area contributed by atoms with Crippen LogP contribution in [-0.4, -0.2) is 23.8 Å². The zero-order chi connectivity index (χ0) is 10.1. The number of rotatable bonds is 4. The van der Waals surface area contributed by atoms with Gasteiger partial charge in [0.25, 0.3) is 0 Å². The lowest BCUT2D eigenvalue weighted by molar-refractivity contribution is 0.146. The van der Waals surface area contributed by atoms with Crippen LogP contribution in [0, 0.1) is 17.8 Å². The molecule has 14 heavy (non-hydrogen) atoms. The van der Waals surface area contributed by atoms with Crippen LogP contribution in [0.1, 0.15) is 39.5 Å². The van der Waals surface area contributed by atoms with E-state index < -0.39 is 0 Å². The molecule has 0 aliphatic heterocycles. The van der Waals surface area contributed by atoms with Gasteiger partial charge in [-0.25, -0.2) is 0 Å². The van der Waals surface area contributed by atoms with Gasteiger partial charge in [0.15, 0.2) is 0 Å². The fourth-order valence-corrected chi connectivity index (χ4v) is 3.13. The number of aliphatic hydroxyl groups is 1. The van der Waals surface area contributed by atoms with Gasteiger partial charge in [-0.1, -0.05) is 6.42 Å². The molecule has 0 amide bonds. The van der Waals surface area contributed by atoms with Gasteiger partial charge in [0.2, 0.25) is 0 Å². The summed E-state index contributed by atoms with van der Waals surface area (Å²) in [6.07, 6.45) is 5.63. The molecule has 2 fully saturated rings. The van der Waals surface area contributed by atoms with E-state index in [2.05, 4.69) is 12.2 Å². The Bertz CT molecular complexity index is 193. The maximum Gasteiger partial charge on any atom is 0.0662 e. The highest BCUT2D eigenvalue weighted by Crippen LogP contribution is 2.47. The van der Waals surface area contributed by atoms with E-state index in [4.69, 9.17) is 0 Å². The minimum Gasteiger partial charge on any atom is -0.392 e. The summed E-state index contributed by atoms with van der Waals surface area (Å²) >= 11 is 0. The Morgan fingerprint density at radius 2 is 2.07 bits per heavy atom. The molecule has 0 radical (unpaired) electrons. The predicted octanol–water partition coefficient (Wildman–Crippen LogP) is 1.78. The number of aliphatic hydroxyl groups excluding tert-OH is 1. The monoisotopic (exact) mass is 197 g/mol. The van der Waals surface area contributed by atoms with Gasteiger partial charge >= 0.3 is 0 Å². The van der Waals surface area contributed by atoms with Crippen LogP contribution in [-0.2, 0) is 0 Å². The Morgan fingerprint density at radius 1 is 1.29 bits per heavy atom. The van der Waals surface area contributed by atoms with Gasteiger partial charge in [-0.15, -0.1) is 0 Å². The van der Waals surface area contributed by atoms with Crippen molar-refractivity contribution in [2.75, 3.05) is 6.54 Å². The molecule has 2 N–H and O–H groups in total.